The van der Waals surface area contributed by atoms with E-state index in [1.807, 2.05) is 7.05 Å². The predicted octanol–water partition coefficient (Wildman–Crippen LogP) is 3.64. The van der Waals surface area contributed by atoms with Gasteiger partial charge in [-0.05, 0) is 30.3 Å². The van der Waals surface area contributed by atoms with E-state index in [0.29, 0.717) is 28.7 Å². The smallest absolute Gasteiger partial charge is 0.217 e. The van der Waals surface area contributed by atoms with Gasteiger partial charge in [0.1, 0.15) is 30.3 Å². The van der Waals surface area contributed by atoms with Crippen LogP contribution in [0, 0.1) is 5.82 Å². The molecule has 0 saturated carbocycles. The van der Waals surface area contributed by atoms with Crippen LogP contribution in [-0.4, -0.2) is 29.4 Å². The Morgan fingerprint density at radius 1 is 1.21 bits per heavy atom. The Hall–Kier alpha value is -3.46. The van der Waals surface area contributed by atoms with Gasteiger partial charge in [-0.1, -0.05) is 11.6 Å². The molecule has 0 N–H and O–H groups in total. The first-order valence-corrected chi connectivity index (χ1v) is 8.66. The van der Waals surface area contributed by atoms with Crippen LogP contribution >= 0.6 is 11.6 Å². The van der Waals surface area contributed by atoms with Crippen molar-refractivity contribution in [1.82, 2.24) is 29.4 Å². The average Bonchev–Trinajstić information content (AvgIpc) is 3.38. The largest absolute Gasteiger partial charge is 0.484 e. The van der Waals surface area contributed by atoms with Crippen LogP contribution in [0.2, 0.25) is 5.02 Å². The SMILES string of the molecule is Cn1ncc2c1ncn1nc(-c3ccc(COc4ccc(F)cc4Cl)o3)nc21. The minimum atomic E-state index is -0.423. The second kappa shape index (κ2) is 6.31. The Kier molecular flexibility index (Phi) is 3.76. The number of hydrogen-bond donors (Lipinski definition) is 0. The van der Waals surface area contributed by atoms with Crippen molar-refractivity contribution in [3.8, 4) is 17.3 Å². The van der Waals surface area contributed by atoms with Crippen LogP contribution in [0.4, 0.5) is 4.39 Å². The van der Waals surface area contributed by atoms with E-state index in [0.717, 1.165) is 11.0 Å². The summed E-state index contributed by atoms with van der Waals surface area (Å²) in [5.74, 6) is 1.41. The Labute approximate surface area is 162 Å². The van der Waals surface area contributed by atoms with Crippen LogP contribution in [0.3, 0.4) is 0 Å². The lowest BCUT2D eigenvalue weighted by molar-refractivity contribution is 0.271. The molecule has 4 heterocycles. The van der Waals surface area contributed by atoms with Gasteiger partial charge in [0.25, 0.3) is 0 Å². The Morgan fingerprint density at radius 3 is 2.96 bits per heavy atom. The van der Waals surface area contributed by atoms with E-state index in [1.165, 1.54) is 18.2 Å². The quantitative estimate of drug-likeness (QED) is 0.459. The first-order valence-electron chi connectivity index (χ1n) is 8.28. The Balaban J connectivity index is 1.41. The maximum absolute atomic E-state index is 13.1. The number of aryl methyl sites for hydroxylation is 1. The highest BCUT2D eigenvalue weighted by atomic mass is 35.5. The molecular formula is C18H12ClFN6O2. The molecule has 4 aromatic heterocycles. The minimum Gasteiger partial charge on any atom is -0.484 e. The topological polar surface area (TPSA) is 83.3 Å². The summed E-state index contributed by atoms with van der Waals surface area (Å²) in [4.78, 5) is 8.87. The van der Waals surface area contributed by atoms with Crippen LogP contribution in [0.5, 0.6) is 5.75 Å². The number of ether oxygens (including phenoxy) is 1. The molecule has 0 bridgehead atoms. The predicted molar refractivity (Wildman–Crippen MR) is 98.5 cm³/mol. The van der Waals surface area contributed by atoms with Gasteiger partial charge in [-0.3, -0.25) is 4.68 Å². The average molecular weight is 399 g/mol. The molecule has 0 spiro atoms. The number of halogens is 2. The van der Waals surface area contributed by atoms with E-state index < -0.39 is 5.82 Å². The molecule has 0 atom stereocenters. The highest BCUT2D eigenvalue weighted by Crippen LogP contribution is 2.27. The third-order valence-electron chi connectivity index (χ3n) is 4.21. The highest BCUT2D eigenvalue weighted by Gasteiger charge is 2.15. The molecule has 5 aromatic rings. The molecule has 0 fully saturated rings. The molecule has 0 amide bonds. The zero-order valence-corrected chi connectivity index (χ0v) is 15.3. The maximum Gasteiger partial charge on any atom is 0.217 e. The zero-order chi connectivity index (χ0) is 19.3. The van der Waals surface area contributed by atoms with Gasteiger partial charge in [0.2, 0.25) is 5.82 Å². The lowest BCUT2D eigenvalue weighted by Crippen LogP contribution is -1.95. The van der Waals surface area contributed by atoms with Crippen molar-refractivity contribution in [2.75, 3.05) is 0 Å². The van der Waals surface area contributed by atoms with Gasteiger partial charge in [0, 0.05) is 7.05 Å². The Morgan fingerprint density at radius 2 is 2.11 bits per heavy atom. The number of aromatic nitrogens is 6. The molecule has 0 aliphatic carbocycles. The number of benzene rings is 1. The number of furan rings is 1. The van der Waals surface area contributed by atoms with Crippen molar-refractivity contribution in [2.24, 2.45) is 7.05 Å². The molecular weight excluding hydrogens is 387 g/mol. The molecule has 0 unspecified atom stereocenters. The van der Waals surface area contributed by atoms with E-state index in [4.69, 9.17) is 20.8 Å². The van der Waals surface area contributed by atoms with Crippen molar-refractivity contribution in [3.05, 3.63) is 59.5 Å². The summed E-state index contributed by atoms with van der Waals surface area (Å²) in [7, 11) is 1.81. The van der Waals surface area contributed by atoms with Crippen LogP contribution in [0.1, 0.15) is 5.76 Å². The van der Waals surface area contributed by atoms with Crippen molar-refractivity contribution >= 4 is 28.3 Å². The van der Waals surface area contributed by atoms with Gasteiger partial charge < -0.3 is 9.15 Å². The zero-order valence-electron chi connectivity index (χ0n) is 14.5. The summed E-state index contributed by atoms with van der Waals surface area (Å²) < 4.78 is 27.7. The third-order valence-corrected chi connectivity index (χ3v) is 4.51. The van der Waals surface area contributed by atoms with Gasteiger partial charge >= 0.3 is 0 Å². The van der Waals surface area contributed by atoms with Gasteiger partial charge in [-0.15, -0.1) is 5.10 Å². The van der Waals surface area contributed by atoms with Gasteiger partial charge in [0.05, 0.1) is 16.6 Å². The summed E-state index contributed by atoms with van der Waals surface area (Å²) in [5, 5.41) is 9.60. The second-order valence-corrected chi connectivity index (χ2v) is 6.49. The summed E-state index contributed by atoms with van der Waals surface area (Å²) in [6.45, 7) is 0.132. The van der Waals surface area contributed by atoms with Gasteiger partial charge in [-0.25, -0.2) is 18.9 Å². The van der Waals surface area contributed by atoms with E-state index in [2.05, 4.69) is 20.2 Å². The highest BCUT2D eigenvalue weighted by molar-refractivity contribution is 6.32. The fourth-order valence-corrected chi connectivity index (χ4v) is 3.08. The van der Waals surface area contributed by atoms with Crippen molar-refractivity contribution < 1.29 is 13.5 Å². The summed E-state index contributed by atoms with van der Waals surface area (Å²) in [6, 6.07) is 7.46. The monoisotopic (exact) mass is 398 g/mol. The third kappa shape index (κ3) is 2.76. The van der Waals surface area contributed by atoms with Crippen molar-refractivity contribution in [1.29, 1.82) is 0 Å². The number of hydrogen-bond acceptors (Lipinski definition) is 6. The summed E-state index contributed by atoms with van der Waals surface area (Å²) in [5.41, 5.74) is 1.36. The van der Waals surface area contributed by atoms with Gasteiger partial charge in [0.15, 0.2) is 17.1 Å². The van der Waals surface area contributed by atoms with Crippen LogP contribution in [0.15, 0.2) is 47.3 Å². The fraction of sp³-hybridized carbons (Fsp3) is 0.111. The molecule has 140 valence electrons. The van der Waals surface area contributed by atoms with Crippen molar-refractivity contribution in [3.63, 3.8) is 0 Å². The van der Waals surface area contributed by atoms with E-state index in [-0.39, 0.29) is 11.6 Å². The van der Waals surface area contributed by atoms with Crippen LogP contribution in [-0.2, 0) is 13.7 Å². The first kappa shape index (κ1) is 16.7. The number of rotatable bonds is 4. The second-order valence-electron chi connectivity index (χ2n) is 6.08. The Bertz CT molecular complexity index is 1320. The molecule has 28 heavy (non-hydrogen) atoms. The van der Waals surface area contributed by atoms with E-state index in [1.54, 1.807) is 33.9 Å². The fourth-order valence-electron chi connectivity index (χ4n) is 2.86. The van der Waals surface area contributed by atoms with Gasteiger partial charge in [-0.2, -0.15) is 5.10 Å². The maximum atomic E-state index is 13.1. The summed E-state index contributed by atoms with van der Waals surface area (Å²) in [6.07, 6.45) is 3.28. The van der Waals surface area contributed by atoms with Crippen LogP contribution in [0.25, 0.3) is 28.3 Å². The molecule has 10 heteroatoms. The number of fused-ring (bicyclic) bond motifs is 3. The molecule has 8 nitrogen and oxygen atoms in total. The lowest BCUT2D eigenvalue weighted by Gasteiger charge is -2.05. The molecule has 5 rings (SSSR count). The van der Waals surface area contributed by atoms with E-state index >= 15 is 0 Å². The first-order chi connectivity index (χ1) is 13.6. The van der Waals surface area contributed by atoms with E-state index in [9.17, 15) is 4.39 Å². The lowest BCUT2D eigenvalue weighted by atomic mass is 10.3. The number of nitrogens with zero attached hydrogens (tertiary/aromatic N) is 6. The molecule has 0 radical (unpaired) electrons. The molecule has 0 aliphatic heterocycles. The standard InChI is InChI=1S/C18H12ClFN6O2/c1-25-17-12(7-22-25)18-23-16(24-26(18)9-21-17)15-5-3-11(28-15)8-27-14-4-2-10(20)6-13(14)19/h2-7,9H,8H2,1H3. The summed E-state index contributed by atoms with van der Waals surface area (Å²) >= 11 is 5.96. The molecule has 0 saturated heterocycles. The molecule has 0 aliphatic rings. The minimum absolute atomic E-state index is 0.132. The van der Waals surface area contributed by atoms with Crippen LogP contribution < -0.4 is 4.74 Å². The normalized spacial score (nSPS) is 11.5. The molecule has 1 aromatic carbocycles. The van der Waals surface area contributed by atoms with Crippen molar-refractivity contribution in [2.45, 2.75) is 6.61 Å².